The van der Waals surface area contributed by atoms with E-state index < -0.39 is 0 Å². The first kappa shape index (κ1) is 16.5. The predicted molar refractivity (Wildman–Crippen MR) is 90.4 cm³/mol. The zero-order valence-electron chi connectivity index (χ0n) is 14.2. The first-order valence-corrected chi connectivity index (χ1v) is 8.20. The molecule has 0 radical (unpaired) electrons. The fourth-order valence-electron chi connectivity index (χ4n) is 3.23. The van der Waals surface area contributed by atoms with E-state index in [4.69, 9.17) is 0 Å². The van der Waals surface area contributed by atoms with Gasteiger partial charge in [0.2, 0.25) is 0 Å². The van der Waals surface area contributed by atoms with Crippen LogP contribution in [0.5, 0.6) is 0 Å². The van der Waals surface area contributed by atoms with Gasteiger partial charge in [0.25, 0.3) is 0 Å². The van der Waals surface area contributed by atoms with Gasteiger partial charge in [-0.15, -0.1) is 0 Å². The first-order chi connectivity index (χ1) is 10.1. The molecule has 1 fully saturated rings. The van der Waals surface area contributed by atoms with Crippen LogP contribution in [0, 0.1) is 0 Å². The van der Waals surface area contributed by atoms with Gasteiger partial charge in [0.1, 0.15) is 0 Å². The number of rotatable bonds is 8. The lowest BCUT2D eigenvalue weighted by Gasteiger charge is -2.49. The maximum Gasteiger partial charge on any atom is 0.0330 e. The minimum absolute atomic E-state index is 0.416. The molecular weight excluding hydrogens is 258 g/mol. The van der Waals surface area contributed by atoms with Crippen molar-refractivity contribution in [3.05, 3.63) is 35.4 Å². The number of hydrogen-bond donors (Lipinski definition) is 1. The molecule has 0 unspecified atom stereocenters. The van der Waals surface area contributed by atoms with E-state index in [0.29, 0.717) is 5.54 Å². The van der Waals surface area contributed by atoms with Gasteiger partial charge in [0.05, 0.1) is 0 Å². The van der Waals surface area contributed by atoms with Crippen molar-refractivity contribution in [2.45, 2.75) is 44.8 Å². The van der Waals surface area contributed by atoms with E-state index in [-0.39, 0.29) is 0 Å². The molecule has 118 valence electrons. The highest BCUT2D eigenvalue weighted by Crippen LogP contribution is 2.36. The fraction of sp³-hybridized carbons (Fsp3) is 0.667. The Balaban J connectivity index is 1.86. The molecule has 1 aromatic rings. The van der Waals surface area contributed by atoms with Crippen LogP contribution in [0.25, 0.3) is 0 Å². The highest BCUT2D eigenvalue weighted by molar-refractivity contribution is 5.22. The van der Waals surface area contributed by atoms with Crippen LogP contribution in [0.4, 0.5) is 0 Å². The Kier molecular flexibility index (Phi) is 5.80. The summed E-state index contributed by atoms with van der Waals surface area (Å²) >= 11 is 0. The second-order valence-electron chi connectivity index (χ2n) is 6.74. The Labute approximate surface area is 130 Å². The lowest BCUT2D eigenvalue weighted by Crippen LogP contribution is -2.56. The molecule has 0 amide bonds. The summed E-state index contributed by atoms with van der Waals surface area (Å²) in [6, 6.07) is 9.03. The van der Waals surface area contributed by atoms with E-state index in [1.165, 1.54) is 36.9 Å². The van der Waals surface area contributed by atoms with Crippen molar-refractivity contribution in [1.82, 2.24) is 15.1 Å². The van der Waals surface area contributed by atoms with E-state index in [0.717, 1.165) is 19.6 Å². The SMILES string of the molecule is CCNCc1ccc(CN(C)CC2(N(C)C)CCC2)cc1. The van der Waals surface area contributed by atoms with Gasteiger partial charge < -0.3 is 15.1 Å². The highest BCUT2D eigenvalue weighted by atomic mass is 15.2. The number of benzene rings is 1. The van der Waals surface area contributed by atoms with Crippen LogP contribution in [0.1, 0.15) is 37.3 Å². The summed E-state index contributed by atoms with van der Waals surface area (Å²) in [4.78, 5) is 4.89. The van der Waals surface area contributed by atoms with E-state index in [1.54, 1.807) is 0 Å². The Bertz CT molecular complexity index is 421. The average Bonchev–Trinajstić information content (AvgIpc) is 2.41. The van der Waals surface area contributed by atoms with E-state index in [9.17, 15) is 0 Å². The molecule has 21 heavy (non-hydrogen) atoms. The lowest BCUT2D eigenvalue weighted by atomic mass is 9.75. The Morgan fingerprint density at radius 2 is 1.67 bits per heavy atom. The summed E-state index contributed by atoms with van der Waals surface area (Å²) in [6.07, 6.45) is 4.06. The van der Waals surface area contributed by atoms with Crippen molar-refractivity contribution in [2.75, 3.05) is 34.2 Å². The van der Waals surface area contributed by atoms with E-state index in [1.807, 2.05) is 0 Å². The molecule has 3 nitrogen and oxygen atoms in total. The molecule has 1 aliphatic carbocycles. The van der Waals surface area contributed by atoms with Gasteiger partial charge in [-0.1, -0.05) is 31.2 Å². The molecule has 2 rings (SSSR count). The van der Waals surface area contributed by atoms with Gasteiger partial charge in [0.15, 0.2) is 0 Å². The monoisotopic (exact) mass is 289 g/mol. The average molecular weight is 289 g/mol. The van der Waals surface area contributed by atoms with Gasteiger partial charge in [-0.25, -0.2) is 0 Å². The molecule has 0 spiro atoms. The lowest BCUT2D eigenvalue weighted by molar-refractivity contribution is 0.0259. The number of hydrogen-bond acceptors (Lipinski definition) is 3. The summed E-state index contributed by atoms with van der Waals surface area (Å²) in [7, 11) is 6.70. The predicted octanol–water partition coefficient (Wildman–Crippen LogP) is 2.71. The van der Waals surface area contributed by atoms with E-state index >= 15 is 0 Å². The van der Waals surface area contributed by atoms with Crippen molar-refractivity contribution >= 4 is 0 Å². The molecule has 0 aromatic heterocycles. The van der Waals surface area contributed by atoms with Crippen LogP contribution < -0.4 is 5.32 Å². The molecule has 0 aliphatic heterocycles. The second-order valence-corrected chi connectivity index (χ2v) is 6.74. The summed E-state index contributed by atoms with van der Waals surface area (Å²) in [5.74, 6) is 0. The van der Waals surface area contributed by atoms with Crippen molar-refractivity contribution < 1.29 is 0 Å². The van der Waals surface area contributed by atoms with Gasteiger partial charge in [-0.05, 0) is 58.1 Å². The third-order valence-corrected chi connectivity index (χ3v) is 4.85. The molecule has 0 bridgehead atoms. The van der Waals surface area contributed by atoms with Crippen LogP contribution in [-0.2, 0) is 13.1 Å². The van der Waals surface area contributed by atoms with Crippen LogP contribution >= 0.6 is 0 Å². The van der Waals surface area contributed by atoms with Crippen molar-refractivity contribution in [2.24, 2.45) is 0 Å². The fourth-order valence-corrected chi connectivity index (χ4v) is 3.23. The molecule has 3 heteroatoms. The third-order valence-electron chi connectivity index (χ3n) is 4.85. The van der Waals surface area contributed by atoms with Crippen molar-refractivity contribution in [3.63, 3.8) is 0 Å². The summed E-state index contributed by atoms with van der Waals surface area (Å²) in [6.45, 7) is 6.34. The Hall–Kier alpha value is -0.900. The Morgan fingerprint density at radius 3 is 2.14 bits per heavy atom. The zero-order valence-corrected chi connectivity index (χ0v) is 14.2. The topological polar surface area (TPSA) is 18.5 Å². The van der Waals surface area contributed by atoms with Crippen LogP contribution in [0.3, 0.4) is 0 Å². The smallest absolute Gasteiger partial charge is 0.0330 e. The molecule has 1 aromatic carbocycles. The maximum absolute atomic E-state index is 3.37. The molecule has 1 N–H and O–H groups in total. The number of nitrogens with one attached hydrogen (secondary N) is 1. The zero-order chi connectivity index (χ0) is 15.3. The largest absolute Gasteiger partial charge is 0.313 e. The first-order valence-electron chi connectivity index (χ1n) is 8.20. The molecule has 0 saturated heterocycles. The molecule has 0 atom stereocenters. The van der Waals surface area contributed by atoms with Crippen LogP contribution in [-0.4, -0.2) is 49.6 Å². The van der Waals surface area contributed by atoms with Crippen molar-refractivity contribution in [3.8, 4) is 0 Å². The Morgan fingerprint density at radius 1 is 1.05 bits per heavy atom. The standard InChI is InChI=1S/C18H31N3/c1-5-19-13-16-7-9-17(10-8-16)14-21(4)15-18(20(2)3)11-6-12-18/h7-10,19H,5-6,11-15H2,1-4H3. The van der Waals surface area contributed by atoms with Crippen molar-refractivity contribution in [1.29, 1.82) is 0 Å². The van der Waals surface area contributed by atoms with Gasteiger partial charge in [-0.3, -0.25) is 0 Å². The third kappa shape index (κ3) is 4.29. The molecular formula is C18H31N3. The van der Waals surface area contributed by atoms with Gasteiger partial charge in [0, 0.05) is 25.2 Å². The number of likely N-dealkylation sites (N-methyl/N-ethyl adjacent to an activating group) is 2. The normalized spacial score (nSPS) is 17.2. The summed E-state index contributed by atoms with van der Waals surface area (Å²) in [5, 5.41) is 3.37. The quantitative estimate of drug-likeness (QED) is 0.794. The minimum atomic E-state index is 0.416. The van der Waals surface area contributed by atoms with Crippen LogP contribution in [0.15, 0.2) is 24.3 Å². The van der Waals surface area contributed by atoms with E-state index in [2.05, 4.69) is 67.4 Å². The highest BCUT2D eigenvalue weighted by Gasteiger charge is 2.39. The number of nitrogens with zero attached hydrogens (tertiary/aromatic N) is 2. The molecule has 1 saturated carbocycles. The summed E-state index contributed by atoms with van der Waals surface area (Å²) in [5.41, 5.74) is 3.19. The molecule has 1 aliphatic rings. The van der Waals surface area contributed by atoms with Gasteiger partial charge in [-0.2, -0.15) is 0 Å². The van der Waals surface area contributed by atoms with Gasteiger partial charge >= 0.3 is 0 Å². The minimum Gasteiger partial charge on any atom is -0.313 e. The molecule has 0 heterocycles. The summed E-state index contributed by atoms with van der Waals surface area (Å²) < 4.78 is 0. The maximum atomic E-state index is 3.37. The second kappa shape index (κ2) is 7.39. The van der Waals surface area contributed by atoms with Crippen LogP contribution in [0.2, 0.25) is 0 Å².